The van der Waals surface area contributed by atoms with Crippen LogP contribution in [0.5, 0.6) is 0 Å². The van der Waals surface area contributed by atoms with E-state index in [1.807, 2.05) is 23.3 Å². The summed E-state index contributed by atoms with van der Waals surface area (Å²) < 4.78 is 29.9. The van der Waals surface area contributed by atoms with Gasteiger partial charge in [0.1, 0.15) is 5.56 Å². The lowest BCUT2D eigenvalue weighted by Gasteiger charge is -2.29. The van der Waals surface area contributed by atoms with Gasteiger partial charge in [0.25, 0.3) is 5.91 Å². The molecule has 9 heteroatoms. The molecule has 0 atom stereocenters. The Labute approximate surface area is 219 Å². The molecule has 198 valence electrons. The van der Waals surface area contributed by atoms with Crippen molar-refractivity contribution in [3.8, 4) is 0 Å². The number of piperidine rings is 1. The molecule has 1 amide bonds. The average Bonchev–Trinajstić information content (AvgIpc) is 2.89. The molecule has 1 saturated carbocycles. The van der Waals surface area contributed by atoms with E-state index in [1.54, 1.807) is 18.3 Å². The molecule has 1 saturated heterocycles. The molecule has 2 heterocycles. The number of carbonyl (C=O) groups excluding carboxylic acids is 1. The van der Waals surface area contributed by atoms with Crippen LogP contribution in [0.4, 0.5) is 0 Å². The van der Waals surface area contributed by atoms with E-state index in [9.17, 15) is 18.0 Å². The van der Waals surface area contributed by atoms with Gasteiger partial charge in [-0.3, -0.25) is 9.59 Å². The molecule has 1 aromatic carbocycles. The molecular formula is C27H39N3O4S2. The van der Waals surface area contributed by atoms with E-state index in [2.05, 4.69) is 12.2 Å². The van der Waals surface area contributed by atoms with E-state index in [0.29, 0.717) is 37.6 Å². The predicted octanol–water partition coefficient (Wildman–Crippen LogP) is 4.63. The summed E-state index contributed by atoms with van der Waals surface area (Å²) >= 11 is 1.99. The minimum atomic E-state index is -3.69. The number of hydrogen-bond donors (Lipinski definition) is 1. The van der Waals surface area contributed by atoms with Crippen LogP contribution in [-0.4, -0.2) is 53.8 Å². The van der Waals surface area contributed by atoms with Crippen molar-refractivity contribution in [1.82, 2.24) is 14.2 Å². The number of pyridine rings is 1. The van der Waals surface area contributed by atoms with Gasteiger partial charge in [-0.05, 0) is 68.9 Å². The van der Waals surface area contributed by atoms with Crippen molar-refractivity contribution >= 4 is 38.6 Å². The van der Waals surface area contributed by atoms with Gasteiger partial charge in [0.15, 0.2) is 0 Å². The summed E-state index contributed by atoms with van der Waals surface area (Å²) in [6, 6.07) is 4.71. The number of benzene rings is 1. The van der Waals surface area contributed by atoms with Crippen LogP contribution in [0, 0.1) is 5.92 Å². The molecule has 7 nitrogen and oxygen atoms in total. The number of amides is 1. The number of nitrogens with one attached hydrogen (secondary N) is 1. The number of carbonyl (C=O) groups is 1. The monoisotopic (exact) mass is 533 g/mol. The standard InChI is InChI=1S/C27H39N3O4S2/c1-3-29-19-24(27(32)28-14-7-17-35-21-8-5-4-6-9-21)26(31)23-18-22(10-11-25(23)29)36(33,34)30-15-12-20(2)13-16-30/h10-11,18-21H,3-9,12-17H2,1-2H3,(H,28,32). The third kappa shape index (κ3) is 6.17. The predicted molar refractivity (Wildman–Crippen MR) is 147 cm³/mol. The normalized spacial score (nSPS) is 18.5. The van der Waals surface area contributed by atoms with Gasteiger partial charge in [-0.25, -0.2) is 8.42 Å². The Morgan fingerprint density at radius 1 is 1.11 bits per heavy atom. The summed E-state index contributed by atoms with van der Waals surface area (Å²) in [7, 11) is -3.69. The Morgan fingerprint density at radius 2 is 1.83 bits per heavy atom. The van der Waals surface area contributed by atoms with E-state index < -0.39 is 21.4 Å². The third-order valence-electron chi connectivity index (χ3n) is 7.53. The summed E-state index contributed by atoms with van der Waals surface area (Å²) in [6.07, 6.45) is 10.7. The number of nitrogens with zero attached hydrogens (tertiary/aromatic N) is 2. The lowest BCUT2D eigenvalue weighted by molar-refractivity contribution is 0.0952. The minimum Gasteiger partial charge on any atom is -0.352 e. The first-order valence-corrected chi connectivity index (χ1v) is 15.9. The Balaban J connectivity index is 1.49. The van der Waals surface area contributed by atoms with Gasteiger partial charge >= 0.3 is 0 Å². The van der Waals surface area contributed by atoms with Crippen molar-refractivity contribution in [3.63, 3.8) is 0 Å². The molecule has 2 aliphatic rings. The van der Waals surface area contributed by atoms with Crippen LogP contribution in [-0.2, 0) is 16.6 Å². The number of rotatable bonds is 9. The highest BCUT2D eigenvalue weighted by Gasteiger charge is 2.29. The second-order valence-corrected chi connectivity index (χ2v) is 13.5. The Bertz CT molecular complexity index is 1230. The molecule has 0 unspecified atom stereocenters. The van der Waals surface area contributed by atoms with Crippen LogP contribution in [0.3, 0.4) is 0 Å². The summed E-state index contributed by atoms with van der Waals surface area (Å²) in [5.41, 5.74) is 0.271. The Kier molecular flexibility index (Phi) is 9.17. The zero-order chi connectivity index (χ0) is 25.7. The zero-order valence-corrected chi connectivity index (χ0v) is 23.1. The smallest absolute Gasteiger partial charge is 0.256 e. The number of aryl methyl sites for hydroxylation is 1. The van der Waals surface area contributed by atoms with Crippen LogP contribution >= 0.6 is 11.8 Å². The summed E-state index contributed by atoms with van der Waals surface area (Å²) in [5, 5.41) is 3.91. The van der Waals surface area contributed by atoms with Crippen molar-refractivity contribution < 1.29 is 13.2 Å². The van der Waals surface area contributed by atoms with Gasteiger partial charge in [0.2, 0.25) is 15.5 Å². The average molecular weight is 534 g/mol. The number of aromatic nitrogens is 1. The summed E-state index contributed by atoms with van der Waals surface area (Å²) in [6.45, 7) is 6.13. The SMILES string of the molecule is CCn1cc(C(=O)NCCCSC2CCCCC2)c(=O)c2cc(S(=O)(=O)N3CCC(C)CC3)ccc21. The van der Waals surface area contributed by atoms with Crippen LogP contribution in [0.25, 0.3) is 10.9 Å². The van der Waals surface area contributed by atoms with E-state index in [4.69, 9.17) is 0 Å². The Morgan fingerprint density at radius 3 is 2.53 bits per heavy atom. The molecule has 1 aliphatic carbocycles. The second-order valence-electron chi connectivity index (χ2n) is 10.2. The maximum atomic E-state index is 13.3. The maximum absolute atomic E-state index is 13.3. The molecular weight excluding hydrogens is 494 g/mol. The van der Waals surface area contributed by atoms with Crippen LogP contribution in [0.15, 0.2) is 34.1 Å². The zero-order valence-electron chi connectivity index (χ0n) is 21.5. The van der Waals surface area contributed by atoms with Crippen molar-refractivity contribution in [2.75, 3.05) is 25.4 Å². The fraction of sp³-hybridized carbons (Fsp3) is 0.630. The van der Waals surface area contributed by atoms with Gasteiger partial charge in [-0.2, -0.15) is 16.1 Å². The first kappa shape index (κ1) is 27.2. The lowest BCUT2D eigenvalue weighted by Crippen LogP contribution is -2.38. The first-order chi connectivity index (χ1) is 17.3. The van der Waals surface area contributed by atoms with Crippen molar-refractivity contribution in [1.29, 1.82) is 0 Å². The highest BCUT2D eigenvalue weighted by Crippen LogP contribution is 2.28. The highest BCUT2D eigenvalue weighted by molar-refractivity contribution is 7.99. The molecule has 0 bridgehead atoms. The van der Waals surface area contributed by atoms with E-state index in [-0.39, 0.29) is 15.8 Å². The Hall–Kier alpha value is -1.84. The summed E-state index contributed by atoms with van der Waals surface area (Å²) in [4.78, 5) is 26.4. The molecule has 2 fully saturated rings. The molecule has 1 N–H and O–H groups in total. The van der Waals surface area contributed by atoms with Crippen LogP contribution in [0.1, 0.15) is 75.6 Å². The number of sulfonamides is 1. The van der Waals surface area contributed by atoms with Crippen molar-refractivity contribution in [2.45, 2.75) is 81.9 Å². The number of thioether (sulfide) groups is 1. The van der Waals surface area contributed by atoms with Crippen LogP contribution in [0.2, 0.25) is 0 Å². The first-order valence-electron chi connectivity index (χ1n) is 13.4. The maximum Gasteiger partial charge on any atom is 0.256 e. The fourth-order valence-electron chi connectivity index (χ4n) is 5.19. The number of fused-ring (bicyclic) bond motifs is 1. The van der Waals surface area contributed by atoms with E-state index in [1.165, 1.54) is 42.5 Å². The van der Waals surface area contributed by atoms with Gasteiger partial charge in [-0.1, -0.05) is 26.2 Å². The molecule has 1 aliphatic heterocycles. The largest absolute Gasteiger partial charge is 0.352 e. The van der Waals surface area contributed by atoms with Gasteiger partial charge in [0.05, 0.1) is 10.4 Å². The van der Waals surface area contributed by atoms with Gasteiger partial charge in [0, 0.05) is 43.0 Å². The molecule has 0 spiro atoms. The quantitative estimate of drug-likeness (QED) is 0.475. The minimum absolute atomic E-state index is 0.0608. The molecule has 1 aromatic heterocycles. The topological polar surface area (TPSA) is 88.5 Å². The van der Waals surface area contributed by atoms with Crippen molar-refractivity contribution in [3.05, 3.63) is 40.2 Å². The van der Waals surface area contributed by atoms with E-state index >= 15 is 0 Å². The van der Waals surface area contributed by atoms with Gasteiger partial charge in [-0.15, -0.1) is 0 Å². The van der Waals surface area contributed by atoms with Crippen molar-refractivity contribution in [2.24, 2.45) is 5.92 Å². The second kappa shape index (κ2) is 12.1. The lowest BCUT2D eigenvalue weighted by atomic mass is 10.0. The number of hydrogen-bond acceptors (Lipinski definition) is 5. The highest BCUT2D eigenvalue weighted by atomic mass is 32.2. The summed E-state index contributed by atoms with van der Waals surface area (Å²) in [5.74, 6) is 1.11. The van der Waals surface area contributed by atoms with Gasteiger partial charge < -0.3 is 9.88 Å². The van der Waals surface area contributed by atoms with Crippen LogP contribution < -0.4 is 10.7 Å². The molecule has 2 aromatic rings. The fourth-order valence-corrected chi connectivity index (χ4v) is 7.99. The van der Waals surface area contributed by atoms with E-state index in [0.717, 1.165) is 30.3 Å². The third-order valence-corrected chi connectivity index (χ3v) is 10.9. The molecule has 4 rings (SSSR count). The molecule has 36 heavy (non-hydrogen) atoms. The molecule has 0 radical (unpaired) electrons.